The Labute approximate surface area is 196 Å². The van der Waals surface area contributed by atoms with Crippen LogP contribution in [0, 0.1) is 0 Å². The van der Waals surface area contributed by atoms with Gasteiger partial charge in [-0.15, -0.1) is 0 Å². The van der Waals surface area contributed by atoms with E-state index in [2.05, 4.69) is 4.98 Å². The molecule has 1 atom stereocenters. The van der Waals surface area contributed by atoms with Gasteiger partial charge >= 0.3 is 11.9 Å². The minimum absolute atomic E-state index is 0.0555. The number of carbonyl (C=O) groups is 2. The fraction of sp³-hybridized carbons (Fsp3) is 0.174. The molecule has 0 fully saturated rings. The van der Waals surface area contributed by atoms with Crippen LogP contribution in [0.25, 0.3) is 0 Å². The molecule has 0 saturated heterocycles. The number of benzene rings is 2. The standard InChI is InChI=1S/C23H24N4O6S/c1-23(25,27-34(30,31)19-7-3-2-4-8-19)22(29)33-21(28)16-10-12-18(13-11-16)32-15-14-17-6-5-9-20(24)26-17/h2-13,27H,14-15,25H2,1H3,(H2,24,26)/t23-/m0/s1. The lowest BCUT2D eigenvalue weighted by Crippen LogP contribution is -2.60. The summed E-state index contributed by atoms with van der Waals surface area (Å²) in [5, 5.41) is 0. The van der Waals surface area contributed by atoms with Gasteiger partial charge < -0.3 is 20.9 Å². The maximum atomic E-state index is 12.4. The van der Waals surface area contributed by atoms with Crippen molar-refractivity contribution < 1.29 is 27.5 Å². The first kappa shape index (κ1) is 24.8. The number of rotatable bonds is 9. The maximum absolute atomic E-state index is 12.4. The summed E-state index contributed by atoms with van der Waals surface area (Å²) in [5.41, 5.74) is 10.1. The molecule has 3 rings (SSSR count). The minimum Gasteiger partial charge on any atom is -0.493 e. The zero-order chi connectivity index (χ0) is 24.8. The van der Waals surface area contributed by atoms with Crippen LogP contribution in [-0.4, -0.2) is 37.6 Å². The van der Waals surface area contributed by atoms with Crippen molar-refractivity contribution >= 4 is 27.8 Å². The Morgan fingerprint density at radius 2 is 1.68 bits per heavy atom. The van der Waals surface area contributed by atoms with E-state index in [0.29, 0.717) is 24.6 Å². The quantitative estimate of drug-likeness (QED) is 0.232. The van der Waals surface area contributed by atoms with E-state index in [1.165, 1.54) is 48.5 Å². The van der Waals surface area contributed by atoms with Gasteiger partial charge in [-0.1, -0.05) is 24.3 Å². The average Bonchev–Trinajstić information content (AvgIpc) is 2.79. The fourth-order valence-electron chi connectivity index (χ4n) is 2.83. The van der Waals surface area contributed by atoms with Crippen molar-refractivity contribution in [3.63, 3.8) is 0 Å². The van der Waals surface area contributed by atoms with Gasteiger partial charge in [0.05, 0.1) is 17.1 Å². The van der Waals surface area contributed by atoms with Gasteiger partial charge in [-0.25, -0.2) is 23.0 Å². The summed E-state index contributed by atoms with van der Waals surface area (Å²) < 4.78 is 37.3. The summed E-state index contributed by atoms with van der Waals surface area (Å²) in [6.45, 7) is 1.43. The van der Waals surface area contributed by atoms with E-state index in [-0.39, 0.29) is 10.5 Å². The largest absolute Gasteiger partial charge is 0.493 e. The maximum Gasteiger partial charge on any atom is 0.349 e. The second-order valence-electron chi connectivity index (χ2n) is 7.47. The highest BCUT2D eigenvalue weighted by Crippen LogP contribution is 2.15. The van der Waals surface area contributed by atoms with E-state index >= 15 is 0 Å². The molecule has 3 aromatic rings. The number of anilines is 1. The first-order valence-electron chi connectivity index (χ1n) is 10.2. The summed E-state index contributed by atoms with van der Waals surface area (Å²) in [4.78, 5) is 28.8. The first-order valence-corrected chi connectivity index (χ1v) is 11.6. The summed E-state index contributed by atoms with van der Waals surface area (Å²) in [6, 6.07) is 18.6. The van der Waals surface area contributed by atoms with Crippen LogP contribution >= 0.6 is 0 Å². The topological polar surface area (TPSA) is 164 Å². The molecular weight excluding hydrogens is 460 g/mol. The molecule has 2 aromatic carbocycles. The van der Waals surface area contributed by atoms with E-state index in [1.54, 1.807) is 18.2 Å². The van der Waals surface area contributed by atoms with E-state index in [9.17, 15) is 18.0 Å². The molecule has 0 amide bonds. The Kier molecular flexibility index (Phi) is 7.61. The number of nitrogens with one attached hydrogen (secondary N) is 1. The van der Waals surface area contributed by atoms with E-state index in [1.807, 2.05) is 10.8 Å². The Bertz CT molecular complexity index is 1260. The van der Waals surface area contributed by atoms with Crippen LogP contribution in [0.2, 0.25) is 0 Å². The highest BCUT2D eigenvalue weighted by molar-refractivity contribution is 7.89. The van der Waals surface area contributed by atoms with Crippen LogP contribution in [0.4, 0.5) is 5.82 Å². The molecule has 10 nitrogen and oxygen atoms in total. The number of sulfonamides is 1. The molecule has 0 radical (unpaired) electrons. The number of nitrogens with two attached hydrogens (primary N) is 2. The lowest BCUT2D eigenvalue weighted by molar-refractivity contribution is -0.144. The Morgan fingerprint density at radius 3 is 2.32 bits per heavy atom. The third-order valence-corrected chi connectivity index (χ3v) is 6.14. The predicted molar refractivity (Wildman–Crippen MR) is 124 cm³/mol. The van der Waals surface area contributed by atoms with Gasteiger partial charge in [0.15, 0.2) is 5.66 Å². The number of pyridine rings is 1. The van der Waals surface area contributed by atoms with Crippen LogP contribution in [0.1, 0.15) is 23.0 Å². The zero-order valence-corrected chi connectivity index (χ0v) is 19.1. The van der Waals surface area contributed by atoms with Crippen LogP contribution < -0.4 is 20.9 Å². The van der Waals surface area contributed by atoms with Crippen molar-refractivity contribution in [2.24, 2.45) is 5.73 Å². The second kappa shape index (κ2) is 10.4. The number of aromatic nitrogens is 1. The molecule has 11 heteroatoms. The number of esters is 2. The lowest BCUT2D eigenvalue weighted by Gasteiger charge is -2.23. The lowest BCUT2D eigenvalue weighted by atomic mass is 10.2. The van der Waals surface area contributed by atoms with Crippen molar-refractivity contribution in [2.45, 2.75) is 23.9 Å². The molecule has 178 valence electrons. The van der Waals surface area contributed by atoms with Crippen molar-refractivity contribution in [1.29, 1.82) is 0 Å². The van der Waals surface area contributed by atoms with Crippen molar-refractivity contribution in [3.8, 4) is 5.75 Å². The molecule has 1 aromatic heterocycles. The predicted octanol–water partition coefficient (Wildman–Crippen LogP) is 1.62. The van der Waals surface area contributed by atoms with E-state index in [0.717, 1.165) is 12.6 Å². The zero-order valence-electron chi connectivity index (χ0n) is 18.3. The number of carbonyl (C=O) groups excluding carboxylic acids is 2. The van der Waals surface area contributed by atoms with Crippen molar-refractivity contribution in [2.75, 3.05) is 12.3 Å². The number of ether oxygens (including phenoxy) is 2. The van der Waals surface area contributed by atoms with Gasteiger partial charge in [0.2, 0.25) is 10.0 Å². The van der Waals surface area contributed by atoms with Crippen LogP contribution in [0.5, 0.6) is 5.75 Å². The third-order valence-electron chi connectivity index (χ3n) is 4.55. The SMILES string of the molecule is C[C@](N)(NS(=O)(=O)c1ccccc1)C(=O)OC(=O)c1ccc(OCCc2cccc(N)n2)cc1. The van der Waals surface area contributed by atoms with Crippen LogP contribution in [0.3, 0.4) is 0 Å². The second-order valence-corrected chi connectivity index (χ2v) is 9.16. The van der Waals surface area contributed by atoms with Crippen LogP contribution in [0.15, 0.2) is 77.7 Å². The summed E-state index contributed by atoms with van der Waals surface area (Å²) in [5.74, 6) is -1.33. The van der Waals surface area contributed by atoms with Crippen molar-refractivity contribution in [1.82, 2.24) is 9.71 Å². The van der Waals surface area contributed by atoms with Gasteiger partial charge in [0.25, 0.3) is 0 Å². The molecule has 0 bridgehead atoms. The molecule has 0 aliphatic carbocycles. The number of hydrogen-bond acceptors (Lipinski definition) is 9. The van der Waals surface area contributed by atoms with Gasteiger partial charge in [0, 0.05) is 12.1 Å². The molecule has 5 N–H and O–H groups in total. The molecule has 0 saturated carbocycles. The number of nitrogens with zero attached hydrogens (tertiary/aromatic N) is 1. The molecule has 0 aliphatic rings. The first-order chi connectivity index (χ1) is 16.1. The molecule has 34 heavy (non-hydrogen) atoms. The fourth-order valence-corrected chi connectivity index (χ4v) is 4.10. The normalized spacial score (nSPS) is 13.0. The van der Waals surface area contributed by atoms with Gasteiger partial charge in [-0.2, -0.15) is 4.72 Å². The van der Waals surface area contributed by atoms with Gasteiger partial charge in [-0.3, -0.25) is 0 Å². The number of hydrogen-bond donors (Lipinski definition) is 3. The Hall–Kier alpha value is -3.80. The summed E-state index contributed by atoms with van der Waals surface area (Å²) in [7, 11) is -4.12. The highest BCUT2D eigenvalue weighted by atomic mass is 32.2. The molecule has 1 heterocycles. The highest BCUT2D eigenvalue weighted by Gasteiger charge is 2.37. The van der Waals surface area contributed by atoms with Crippen molar-refractivity contribution in [3.05, 3.63) is 84.1 Å². The average molecular weight is 485 g/mol. The van der Waals surface area contributed by atoms with Crippen LogP contribution in [-0.2, 0) is 26.0 Å². The Morgan fingerprint density at radius 1 is 1.00 bits per heavy atom. The van der Waals surface area contributed by atoms with Gasteiger partial charge in [-0.05, 0) is 55.5 Å². The third kappa shape index (κ3) is 6.61. The number of nitrogen functional groups attached to an aromatic ring is 1. The molecule has 0 aliphatic heterocycles. The molecule has 0 spiro atoms. The Balaban J connectivity index is 1.55. The summed E-state index contributed by atoms with van der Waals surface area (Å²) >= 11 is 0. The monoisotopic (exact) mass is 484 g/mol. The van der Waals surface area contributed by atoms with E-state index in [4.69, 9.17) is 20.9 Å². The molecule has 0 unspecified atom stereocenters. The minimum atomic E-state index is -4.12. The van der Waals surface area contributed by atoms with E-state index < -0.39 is 27.6 Å². The smallest absolute Gasteiger partial charge is 0.349 e. The summed E-state index contributed by atoms with van der Waals surface area (Å²) in [6.07, 6.45) is 0.539. The molecular formula is C23H24N4O6S. The van der Waals surface area contributed by atoms with Gasteiger partial charge in [0.1, 0.15) is 11.6 Å².